The zero-order valence-corrected chi connectivity index (χ0v) is 21.8. The lowest BCUT2D eigenvalue weighted by atomic mass is 10.1. The van der Waals surface area contributed by atoms with Gasteiger partial charge in [-0.1, -0.05) is 30.7 Å². The first-order valence-electron chi connectivity index (χ1n) is 12.0. The fourth-order valence-corrected chi connectivity index (χ4v) is 4.38. The molecule has 37 heavy (non-hydrogen) atoms. The van der Waals surface area contributed by atoms with Gasteiger partial charge in [0.05, 0.1) is 14.2 Å². The second-order valence-corrected chi connectivity index (χ2v) is 9.06. The summed E-state index contributed by atoms with van der Waals surface area (Å²) in [5, 5.41) is 6.13. The van der Waals surface area contributed by atoms with Gasteiger partial charge in [0.25, 0.3) is 5.91 Å². The van der Waals surface area contributed by atoms with Gasteiger partial charge in [0.15, 0.2) is 17.6 Å². The van der Waals surface area contributed by atoms with Crippen LogP contribution in [0.3, 0.4) is 0 Å². The Morgan fingerprint density at radius 1 is 1.03 bits per heavy atom. The van der Waals surface area contributed by atoms with Gasteiger partial charge in [0.2, 0.25) is 0 Å². The maximum Gasteiger partial charge on any atom is 0.323 e. The molecule has 8 nitrogen and oxygen atoms in total. The van der Waals surface area contributed by atoms with Gasteiger partial charge in [-0.25, -0.2) is 4.79 Å². The Bertz CT molecular complexity index is 1280. The van der Waals surface area contributed by atoms with Gasteiger partial charge in [-0.3, -0.25) is 4.79 Å². The smallest absolute Gasteiger partial charge is 0.323 e. The van der Waals surface area contributed by atoms with Gasteiger partial charge in [-0.05, 0) is 66.9 Å². The van der Waals surface area contributed by atoms with Crippen LogP contribution >= 0.6 is 11.6 Å². The van der Waals surface area contributed by atoms with Crippen LogP contribution in [0.15, 0.2) is 60.7 Å². The second kappa shape index (κ2) is 11.9. The van der Waals surface area contributed by atoms with Crippen LogP contribution in [0.1, 0.15) is 24.5 Å². The molecule has 1 heterocycles. The molecule has 3 aromatic carbocycles. The van der Waals surface area contributed by atoms with Gasteiger partial charge in [0, 0.05) is 35.1 Å². The summed E-state index contributed by atoms with van der Waals surface area (Å²) >= 11 is 6.00. The molecule has 3 aromatic rings. The van der Waals surface area contributed by atoms with Crippen molar-refractivity contribution in [3.63, 3.8) is 0 Å². The lowest BCUT2D eigenvalue weighted by molar-refractivity contribution is -0.138. The number of hydrogen-bond acceptors (Lipinski definition) is 5. The first-order valence-corrected chi connectivity index (χ1v) is 12.4. The van der Waals surface area contributed by atoms with Crippen molar-refractivity contribution in [1.82, 2.24) is 4.90 Å². The molecule has 3 amide bonds. The Morgan fingerprint density at radius 2 is 1.78 bits per heavy atom. The summed E-state index contributed by atoms with van der Waals surface area (Å²) in [5.74, 6) is 1.88. The number of hydrogen-bond donors (Lipinski definition) is 2. The van der Waals surface area contributed by atoms with E-state index in [9.17, 15) is 9.59 Å². The molecule has 9 heteroatoms. The van der Waals surface area contributed by atoms with Crippen molar-refractivity contribution in [2.45, 2.75) is 32.4 Å². The van der Waals surface area contributed by atoms with Crippen molar-refractivity contribution >= 4 is 34.9 Å². The van der Waals surface area contributed by atoms with Crippen LogP contribution in [0.25, 0.3) is 0 Å². The van der Waals surface area contributed by atoms with E-state index in [4.69, 9.17) is 25.8 Å². The van der Waals surface area contributed by atoms with Gasteiger partial charge >= 0.3 is 6.03 Å². The Labute approximate surface area is 221 Å². The predicted molar refractivity (Wildman–Crippen MR) is 144 cm³/mol. The monoisotopic (exact) mass is 523 g/mol. The van der Waals surface area contributed by atoms with Gasteiger partial charge in [-0.2, -0.15) is 0 Å². The largest absolute Gasteiger partial charge is 0.493 e. The van der Waals surface area contributed by atoms with E-state index in [1.165, 1.54) is 0 Å². The molecular formula is C28H30ClN3O5. The molecule has 0 spiro atoms. The summed E-state index contributed by atoms with van der Waals surface area (Å²) in [6.07, 6.45) is 0.613. The van der Waals surface area contributed by atoms with E-state index in [1.54, 1.807) is 55.5 Å². The molecule has 0 saturated heterocycles. The van der Waals surface area contributed by atoms with E-state index in [1.807, 2.05) is 31.2 Å². The minimum Gasteiger partial charge on any atom is -0.493 e. The van der Waals surface area contributed by atoms with Crippen molar-refractivity contribution in [3.05, 3.63) is 76.8 Å². The van der Waals surface area contributed by atoms with Gasteiger partial charge in [0.1, 0.15) is 5.75 Å². The Kier molecular flexibility index (Phi) is 8.40. The predicted octanol–water partition coefficient (Wildman–Crippen LogP) is 5.74. The number of benzene rings is 3. The fourth-order valence-electron chi connectivity index (χ4n) is 4.19. The molecule has 4 rings (SSSR count). The summed E-state index contributed by atoms with van der Waals surface area (Å²) in [5.41, 5.74) is 3.01. The molecule has 0 saturated carbocycles. The Morgan fingerprint density at radius 3 is 2.49 bits per heavy atom. The molecule has 0 radical (unpaired) electrons. The van der Waals surface area contributed by atoms with E-state index >= 15 is 0 Å². The molecule has 1 atom stereocenters. The number of methoxy groups -OCH3 is 2. The topological polar surface area (TPSA) is 89.1 Å². The van der Waals surface area contributed by atoms with Crippen LogP contribution in [0, 0.1) is 0 Å². The van der Waals surface area contributed by atoms with Gasteiger partial charge in [-0.15, -0.1) is 0 Å². The van der Waals surface area contributed by atoms with Crippen molar-refractivity contribution in [1.29, 1.82) is 0 Å². The summed E-state index contributed by atoms with van der Waals surface area (Å²) in [4.78, 5) is 27.6. The third kappa shape index (κ3) is 6.46. The highest BCUT2D eigenvalue weighted by atomic mass is 35.5. The summed E-state index contributed by atoms with van der Waals surface area (Å²) in [6, 6.07) is 17.6. The Hall–Kier alpha value is -3.91. The van der Waals surface area contributed by atoms with Crippen LogP contribution in [-0.4, -0.2) is 43.7 Å². The Balaban J connectivity index is 1.49. The maximum atomic E-state index is 13.2. The number of ether oxygens (including phenoxy) is 3. The molecule has 0 aromatic heterocycles. The number of urea groups is 1. The number of rotatable bonds is 8. The van der Waals surface area contributed by atoms with Crippen LogP contribution in [-0.2, 0) is 17.8 Å². The van der Waals surface area contributed by atoms with E-state index in [0.717, 1.165) is 11.1 Å². The average molecular weight is 524 g/mol. The number of anilines is 2. The first kappa shape index (κ1) is 26.2. The molecule has 1 aliphatic heterocycles. The molecule has 1 aliphatic rings. The molecule has 0 aliphatic carbocycles. The molecular weight excluding hydrogens is 494 g/mol. The van der Waals surface area contributed by atoms with Crippen LogP contribution in [0.5, 0.6) is 17.2 Å². The zero-order chi connectivity index (χ0) is 26.4. The highest BCUT2D eigenvalue weighted by Gasteiger charge is 2.30. The number of carbonyl (C=O) groups excluding carboxylic acids is 2. The summed E-state index contributed by atoms with van der Waals surface area (Å²) in [6.45, 7) is 2.79. The molecule has 0 fully saturated rings. The molecule has 2 N–H and O–H groups in total. The summed E-state index contributed by atoms with van der Waals surface area (Å²) in [7, 11) is 3.20. The standard InChI is InChI=1S/C28H30ClN3O5/c1-4-23-27(33)32(13-12-18-8-10-25(35-2)26(14-18)36-3)17-19-15-22(9-11-24(19)37-23)31-28(34)30-21-7-5-6-20(29)16-21/h5-11,14-16,23H,4,12-13,17H2,1-3H3,(H2,30,31,34). The van der Waals surface area contributed by atoms with Crippen LogP contribution < -0.4 is 24.8 Å². The van der Waals surface area contributed by atoms with E-state index in [0.29, 0.717) is 59.6 Å². The maximum absolute atomic E-state index is 13.2. The third-order valence-electron chi connectivity index (χ3n) is 6.11. The van der Waals surface area contributed by atoms with E-state index in [2.05, 4.69) is 10.6 Å². The highest BCUT2D eigenvalue weighted by Crippen LogP contribution is 2.31. The van der Waals surface area contributed by atoms with E-state index < -0.39 is 12.1 Å². The number of nitrogens with zero attached hydrogens (tertiary/aromatic N) is 1. The number of halogens is 1. The SMILES string of the molecule is CCC1Oc2ccc(NC(=O)Nc3cccc(Cl)c3)cc2CN(CCc2ccc(OC)c(OC)c2)C1=O. The van der Waals surface area contributed by atoms with E-state index in [-0.39, 0.29) is 5.91 Å². The minimum absolute atomic E-state index is 0.0626. The fraction of sp³-hybridized carbons (Fsp3) is 0.286. The molecule has 194 valence electrons. The third-order valence-corrected chi connectivity index (χ3v) is 6.34. The van der Waals surface area contributed by atoms with Gasteiger partial charge < -0.3 is 29.7 Å². The normalized spacial score (nSPS) is 14.8. The number of amides is 3. The quantitative estimate of drug-likeness (QED) is 0.393. The highest BCUT2D eigenvalue weighted by molar-refractivity contribution is 6.30. The van der Waals surface area contributed by atoms with Crippen LogP contribution in [0.2, 0.25) is 5.02 Å². The van der Waals surface area contributed by atoms with Crippen molar-refractivity contribution < 1.29 is 23.8 Å². The van der Waals surface area contributed by atoms with Crippen molar-refractivity contribution in [2.24, 2.45) is 0 Å². The van der Waals surface area contributed by atoms with Crippen molar-refractivity contribution in [2.75, 3.05) is 31.4 Å². The zero-order valence-electron chi connectivity index (χ0n) is 21.0. The molecule has 1 unspecified atom stereocenters. The average Bonchev–Trinajstić information content (AvgIpc) is 3.02. The summed E-state index contributed by atoms with van der Waals surface area (Å²) < 4.78 is 16.8. The molecule has 0 bridgehead atoms. The number of carbonyl (C=O) groups is 2. The minimum atomic E-state index is -0.573. The van der Waals surface area contributed by atoms with Crippen molar-refractivity contribution in [3.8, 4) is 17.2 Å². The number of nitrogens with one attached hydrogen (secondary N) is 2. The lowest BCUT2D eigenvalue weighted by Gasteiger charge is -2.23. The lowest BCUT2D eigenvalue weighted by Crippen LogP contribution is -2.40. The first-order chi connectivity index (χ1) is 17.9. The van der Waals surface area contributed by atoms with Crippen LogP contribution in [0.4, 0.5) is 16.2 Å². The second-order valence-electron chi connectivity index (χ2n) is 8.63. The number of fused-ring (bicyclic) bond motifs is 1.